The van der Waals surface area contributed by atoms with E-state index in [2.05, 4.69) is 9.80 Å². The Balaban J connectivity index is 1.51. The van der Waals surface area contributed by atoms with Gasteiger partial charge in [-0.15, -0.1) is 0 Å². The fourth-order valence-corrected chi connectivity index (χ4v) is 4.53. The topological polar surface area (TPSA) is 66.8 Å². The van der Waals surface area contributed by atoms with E-state index < -0.39 is 0 Å². The van der Waals surface area contributed by atoms with Gasteiger partial charge >= 0.3 is 0 Å². The first-order chi connectivity index (χ1) is 15.0. The van der Waals surface area contributed by atoms with E-state index in [9.17, 15) is 9.90 Å². The molecule has 166 valence electrons. The summed E-state index contributed by atoms with van der Waals surface area (Å²) in [4.78, 5) is 18.0. The van der Waals surface area contributed by atoms with Gasteiger partial charge < -0.3 is 9.52 Å². The monoisotopic (exact) mass is 424 g/mol. The first-order valence-corrected chi connectivity index (χ1v) is 10.9. The molecule has 7 heteroatoms. The quantitative estimate of drug-likeness (QED) is 0.631. The molecule has 1 aliphatic rings. The van der Waals surface area contributed by atoms with Crippen molar-refractivity contribution in [3.8, 4) is 5.69 Å². The highest BCUT2D eigenvalue weighted by Gasteiger charge is 2.29. The summed E-state index contributed by atoms with van der Waals surface area (Å²) in [6, 6.07) is 14.0. The van der Waals surface area contributed by atoms with Gasteiger partial charge in [0.15, 0.2) is 0 Å². The number of furan rings is 1. The predicted octanol–water partition coefficient (Wildman–Crippen LogP) is 2.45. The zero-order chi connectivity index (χ0) is 22.0. The third-order valence-corrected chi connectivity index (χ3v) is 6.36. The van der Waals surface area contributed by atoms with Gasteiger partial charge in [0.1, 0.15) is 11.5 Å². The molecule has 1 unspecified atom stereocenters. The van der Waals surface area contributed by atoms with E-state index in [1.165, 1.54) is 0 Å². The van der Waals surface area contributed by atoms with Gasteiger partial charge in [-0.05, 0) is 44.5 Å². The van der Waals surface area contributed by atoms with E-state index in [1.807, 2.05) is 68.0 Å². The summed E-state index contributed by atoms with van der Waals surface area (Å²) < 4.78 is 9.44. The Hall–Kier alpha value is -2.61. The van der Waals surface area contributed by atoms with Gasteiger partial charge in [0.2, 0.25) is 0 Å². The minimum atomic E-state index is 0.0402. The van der Waals surface area contributed by atoms with Crippen molar-refractivity contribution in [2.45, 2.75) is 39.4 Å². The third-order valence-electron chi connectivity index (χ3n) is 6.36. The lowest BCUT2D eigenvalue weighted by atomic mass is 10.1. The number of hydrogen-bond acceptors (Lipinski definition) is 5. The fourth-order valence-electron chi connectivity index (χ4n) is 4.53. The van der Waals surface area contributed by atoms with Crippen molar-refractivity contribution < 1.29 is 9.52 Å². The van der Waals surface area contributed by atoms with E-state index in [0.717, 1.165) is 54.6 Å². The van der Waals surface area contributed by atoms with Gasteiger partial charge in [0, 0.05) is 51.6 Å². The number of aromatic nitrogens is 2. The van der Waals surface area contributed by atoms with Crippen LogP contribution in [-0.2, 0) is 20.1 Å². The lowest BCUT2D eigenvalue weighted by Gasteiger charge is -2.41. The number of para-hydroxylation sites is 1. The molecule has 0 saturated carbocycles. The van der Waals surface area contributed by atoms with Crippen molar-refractivity contribution >= 4 is 0 Å². The van der Waals surface area contributed by atoms with Gasteiger partial charge in [-0.25, -0.2) is 4.68 Å². The van der Waals surface area contributed by atoms with Gasteiger partial charge in [-0.3, -0.25) is 19.3 Å². The molecule has 2 aromatic heterocycles. The number of piperazine rings is 1. The molecule has 1 aliphatic heterocycles. The zero-order valence-electron chi connectivity index (χ0n) is 18.6. The number of aliphatic hydroxyl groups excluding tert-OH is 1. The van der Waals surface area contributed by atoms with Crippen LogP contribution in [0.15, 0.2) is 51.7 Å². The Bertz CT molecular complexity index is 1070. The number of benzene rings is 1. The maximum Gasteiger partial charge on any atom is 0.276 e. The van der Waals surface area contributed by atoms with Gasteiger partial charge in [-0.1, -0.05) is 18.2 Å². The molecule has 1 fully saturated rings. The average Bonchev–Trinajstić information content (AvgIpc) is 3.26. The number of hydrogen-bond donors (Lipinski definition) is 1. The molecule has 0 spiro atoms. The molecule has 0 bridgehead atoms. The Kier molecular flexibility index (Phi) is 6.46. The molecule has 0 amide bonds. The van der Waals surface area contributed by atoms with Crippen LogP contribution in [-0.4, -0.2) is 56.6 Å². The van der Waals surface area contributed by atoms with Gasteiger partial charge in [0.05, 0.1) is 17.8 Å². The standard InChI is InChI=1S/C24H32N4O3/c1-18-9-10-22(31-18)16-27-13-12-26(15-21(27)11-14-29)17-23-19(2)25(3)28(24(23)30)20-7-5-4-6-8-20/h4-10,21,29H,11-17H2,1-3H3. The molecule has 1 atom stereocenters. The second kappa shape index (κ2) is 9.26. The predicted molar refractivity (Wildman–Crippen MR) is 120 cm³/mol. The van der Waals surface area contributed by atoms with Crippen molar-refractivity contribution in [1.82, 2.24) is 19.2 Å². The van der Waals surface area contributed by atoms with E-state index in [1.54, 1.807) is 4.68 Å². The van der Waals surface area contributed by atoms with Crippen LogP contribution >= 0.6 is 0 Å². The van der Waals surface area contributed by atoms with Crippen LogP contribution in [0.3, 0.4) is 0 Å². The summed E-state index contributed by atoms with van der Waals surface area (Å²) in [5, 5.41) is 9.61. The maximum atomic E-state index is 13.3. The normalized spacial score (nSPS) is 18.0. The van der Waals surface area contributed by atoms with Crippen LogP contribution in [0.5, 0.6) is 0 Å². The third kappa shape index (κ3) is 4.54. The smallest absolute Gasteiger partial charge is 0.276 e. The van der Waals surface area contributed by atoms with Gasteiger partial charge in [-0.2, -0.15) is 0 Å². The molecule has 0 aliphatic carbocycles. The number of nitrogens with zero attached hydrogens (tertiary/aromatic N) is 4. The highest BCUT2D eigenvalue weighted by atomic mass is 16.3. The summed E-state index contributed by atoms with van der Waals surface area (Å²) >= 11 is 0. The largest absolute Gasteiger partial charge is 0.465 e. The Morgan fingerprint density at radius 1 is 1.06 bits per heavy atom. The van der Waals surface area contributed by atoms with Crippen molar-refractivity contribution in [2.75, 3.05) is 26.2 Å². The summed E-state index contributed by atoms with van der Waals surface area (Å²) in [5.74, 6) is 1.88. The van der Waals surface area contributed by atoms with Crippen LogP contribution in [0, 0.1) is 13.8 Å². The molecule has 7 nitrogen and oxygen atoms in total. The first-order valence-electron chi connectivity index (χ1n) is 10.9. The van der Waals surface area contributed by atoms with Crippen LogP contribution in [0.1, 0.15) is 29.2 Å². The lowest BCUT2D eigenvalue weighted by molar-refractivity contribution is 0.0452. The van der Waals surface area contributed by atoms with Crippen molar-refractivity contribution in [2.24, 2.45) is 7.05 Å². The fraction of sp³-hybridized carbons (Fsp3) is 0.458. The Labute approximate surface area is 183 Å². The van der Waals surface area contributed by atoms with Crippen molar-refractivity contribution in [3.05, 3.63) is 75.6 Å². The molecule has 31 heavy (non-hydrogen) atoms. The molecule has 1 saturated heterocycles. The second-order valence-electron chi connectivity index (χ2n) is 8.42. The number of aryl methyl sites for hydroxylation is 1. The number of aliphatic hydroxyl groups is 1. The molecule has 3 aromatic rings. The van der Waals surface area contributed by atoms with Crippen molar-refractivity contribution in [3.63, 3.8) is 0 Å². The highest BCUT2D eigenvalue weighted by molar-refractivity contribution is 5.33. The second-order valence-corrected chi connectivity index (χ2v) is 8.42. The average molecular weight is 425 g/mol. The Morgan fingerprint density at radius 3 is 2.52 bits per heavy atom. The Morgan fingerprint density at radius 2 is 1.84 bits per heavy atom. The first kappa shape index (κ1) is 21.6. The zero-order valence-corrected chi connectivity index (χ0v) is 18.6. The van der Waals surface area contributed by atoms with E-state index in [-0.39, 0.29) is 18.2 Å². The summed E-state index contributed by atoms with van der Waals surface area (Å²) in [6.45, 7) is 8.06. The molecular weight excluding hydrogens is 392 g/mol. The van der Waals surface area contributed by atoms with Crippen LogP contribution < -0.4 is 5.56 Å². The molecule has 1 aromatic carbocycles. The summed E-state index contributed by atoms with van der Waals surface area (Å²) in [5.41, 5.74) is 2.74. The molecule has 4 rings (SSSR count). The van der Waals surface area contributed by atoms with Crippen LogP contribution in [0.25, 0.3) is 5.69 Å². The van der Waals surface area contributed by atoms with E-state index in [0.29, 0.717) is 13.0 Å². The molecular formula is C24H32N4O3. The molecule has 1 N–H and O–H groups in total. The van der Waals surface area contributed by atoms with Crippen LogP contribution in [0.2, 0.25) is 0 Å². The molecule has 0 radical (unpaired) electrons. The summed E-state index contributed by atoms with van der Waals surface area (Å²) in [6.07, 6.45) is 0.707. The molecule has 3 heterocycles. The van der Waals surface area contributed by atoms with Gasteiger partial charge in [0.25, 0.3) is 5.56 Å². The lowest BCUT2D eigenvalue weighted by Crippen LogP contribution is -2.52. The van der Waals surface area contributed by atoms with E-state index >= 15 is 0 Å². The maximum absolute atomic E-state index is 13.3. The minimum absolute atomic E-state index is 0.0402. The summed E-state index contributed by atoms with van der Waals surface area (Å²) in [7, 11) is 1.94. The number of rotatable bonds is 7. The minimum Gasteiger partial charge on any atom is -0.465 e. The van der Waals surface area contributed by atoms with Crippen molar-refractivity contribution in [1.29, 1.82) is 0 Å². The SMILES string of the molecule is Cc1ccc(CN2CCN(Cc3c(C)n(C)n(-c4ccccc4)c3=O)CC2CCO)o1. The van der Waals surface area contributed by atoms with Crippen LogP contribution in [0.4, 0.5) is 0 Å². The van der Waals surface area contributed by atoms with E-state index in [4.69, 9.17) is 4.42 Å². The highest BCUT2D eigenvalue weighted by Crippen LogP contribution is 2.20.